The standard InChI is InChI=1S/C13H13BrN2/c1-10(13-4-2-3-6-16-13)8-12-9-11(14)5-7-15-12/h2-7,9-10H,8H2,1H3. The van der Waals surface area contributed by atoms with Gasteiger partial charge in [0.15, 0.2) is 0 Å². The maximum atomic E-state index is 4.36. The van der Waals surface area contributed by atoms with Gasteiger partial charge in [-0.1, -0.05) is 28.9 Å². The van der Waals surface area contributed by atoms with Gasteiger partial charge in [-0.15, -0.1) is 0 Å². The fraction of sp³-hybridized carbons (Fsp3) is 0.231. The van der Waals surface area contributed by atoms with Crippen molar-refractivity contribution in [1.29, 1.82) is 0 Å². The smallest absolute Gasteiger partial charge is 0.0435 e. The predicted molar refractivity (Wildman–Crippen MR) is 68.3 cm³/mol. The molecule has 16 heavy (non-hydrogen) atoms. The molecule has 2 heterocycles. The topological polar surface area (TPSA) is 25.8 Å². The fourth-order valence-electron chi connectivity index (χ4n) is 1.65. The number of rotatable bonds is 3. The van der Waals surface area contributed by atoms with E-state index >= 15 is 0 Å². The van der Waals surface area contributed by atoms with E-state index in [2.05, 4.69) is 45.0 Å². The summed E-state index contributed by atoms with van der Waals surface area (Å²) in [6.45, 7) is 2.17. The molecule has 0 N–H and O–H groups in total. The van der Waals surface area contributed by atoms with Crippen LogP contribution in [0.1, 0.15) is 24.2 Å². The Morgan fingerprint density at radius 3 is 2.75 bits per heavy atom. The van der Waals surface area contributed by atoms with Crippen LogP contribution in [0.25, 0.3) is 0 Å². The summed E-state index contributed by atoms with van der Waals surface area (Å²) in [5.41, 5.74) is 2.21. The second kappa shape index (κ2) is 5.21. The van der Waals surface area contributed by atoms with Gasteiger partial charge in [-0.2, -0.15) is 0 Å². The van der Waals surface area contributed by atoms with Crippen molar-refractivity contribution in [3.63, 3.8) is 0 Å². The molecule has 0 bridgehead atoms. The molecule has 0 radical (unpaired) electrons. The average Bonchev–Trinajstić information content (AvgIpc) is 2.30. The highest BCUT2D eigenvalue weighted by molar-refractivity contribution is 9.10. The SMILES string of the molecule is CC(Cc1cc(Br)ccn1)c1ccccn1. The summed E-state index contributed by atoms with van der Waals surface area (Å²) < 4.78 is 1.07. The first-order chi connectivity index (χ1) is 7.75. The molecule has 0 aromatic carbocycles. The Morgan fingerprint density at radius 1 is 1.19 bits per heavy atom. The monoisotopic (exact) mass is 276 g/mol. The highest BCUT2D eigenvalue weighted by Gasteiger charge is 2.08. The van der Waals surface area contributed by atoms with Crippen molar-refractivity contribution in [2.45, 2.75) is 19.3 Å². The lowest BCUT2D eigenvalue weighted by atomic mass is 10.0. The van der Waals surface area contributed by atoms with E-state index in [1.165, 1.54) is 0 Å². The van der Waals surface area contributed by atoms with Crippen molar-refractivity contribution in [2.24, 2.45) is 0 Å². The fourth-order valence-corrected chi connectivity index (χ4v) is 2.03. The Bertz CT molecular complexity index is 456. The average molecular weight is 277 g/mol. The number of pyridine rings is 2. The number of aromatic nitrogens is 2. The molecule has 0 aliphatic rings. The Hall–Kier alpha value is -1.22. The Kier molecular flexibility index (Phi) is 3.67. The quantitative estimate of drug-likeness (QED) is 0.856. The molecule has 0 fully saturated rings. The predicted octanol–water partition coefficient (Wildman–Crippen LogP) is 3.59. The largest absolute Gasteiger partial charge is 0.261 e. The van der Waals surface area contributed by atoms with E-state index in [4.69, 9.17) is 0 Å². The summed E-state index contributed by atoms with van der Waals surface area (Å²) in [5, 5.41) is 0. The highest BCUT2D eigenvalue weighted by Crippen LogP contribution is 2.18. The van der Waals surface area contributed by atoms with Gasteiger partial charge in [-0.05, 0) is 30.7 Å². The lowest BCUT2D eigenvalue weighted by Gasteiger charge is -2.10. The first kappa shape index (κ1) is 11.3. The molecule has 0 saturated heterocycles. The van der Waals surface area contributed by atoms with E-state index in [1.54, 1.807) is 0 Å². The number of hydrogen-bond donors (Lipinski definition) is 0. The van der Waals surface area contributed by atoms with Crippen molar-refractivity contribution >= 4 is 15.9 Å². The minimum atomic E-state index is 0.392. The van der Waals surface area contributed by atoms with Gasteiger partial charge in [0, 0.05) is 34.2 Å². The number of halogens is 1. The van der Waals surface area contributed by atoms with Gasteiger partial charge in [0.25, 0.3) is 0 Å². The summed E-state index contributed by atoms with van der Waals surface area (Å²) in [5.74, 6) is 0.392. The third-order valence-electron chi connectivity index (χ3n) is 2.49. The van der Waals surface area contributed by atoms with E-state index in [-0.39, 0.29) is 0 Å². The van der Waals surface area contributed by atoms with E-state index in [0.717, 1.165) is 22.3 Å². The van der Waals surface area contributed by atoms with Gasteiger partial charge >= 0.3 is 0 Å². The molecule has 0 amide bonds. The van der Waals surface area contributed by atoms with Crippen LogP contribution in [0.2, 0.25) is 0 Å². The van der Waals surface area contributed by atoms with Crippen LogP contribution in [0.4, 0.5) is 0 Å². The molecular weight excluding hydrogens is 264 g/mol. The normalized spacial score (nSPS) is 12.4. The molecular formula is C13H13BrN2. The third-order valence-corrected chi connectivity index (χ3v) is 2.98. The summed E-state index contributed by atoms with van der Waals surface area (Å²) >= 11 is 3.45. The number of nitrogens with zero attached hydrogens (tertiary/aromatic N) is 2. The van der Waals surface area contributed by atoms with Crippen molar-refractivity contribution < 1.29 is 0 Å². The highest BCUT2D eigenvalue weighted by atomic mass is 79.9. The Labute approximate surface area is 104 Å². The molecule has 82 valence electrons. The number of hydrogen-bond acceptors (Lipinski definition) is 2. The third kappa shape index (κ3) is 2.89. The Morgan fingerprint density at radius 2 is 2.06 bits per heavy atom. The maximum absolute atomic E-state index is 4.36. The van der Waals surface area contributed by atoms with Gasteiger partial charge in [-0.3, -0.25) is 9.97 Å². The summed E-state index contributed by atoms with van der Waals surface area (Å²) in [4.78, 5) is 8.71. The first-order valence-corrected chi connectivity index (χ1v) is 6.06. The molecule has 1 unspecified atom stereocenters. The van der Waals surface area contributed by atoms with Crippen molar-refractivity contribution in [1.82, 2.24) is 9.97 Å². The minimum Gasteiger partial charge on any atom is -0.261 e. The molecule has 0 saturated carbocycles. The molecule has 0 spiro atoms. The van der Waals surface area contributed by atoms with Crippen LogP contribution >= 0.6 is 15.9 Å². The van der Waals surface area contributed by atoms with Crippen molar-refractivity contribution in [3.8, 4) is 0 Å². The summed E-state index contributed by atoms with van der Waals surface area (Å²) in [6.07, 6.45) is 4.57. The van der Waals surface area contributed by atoms with Gasteiger partial charge in [-0.25, -0.2) is 0 Å². The molecule has 2 aromatic rings. The van der Waals surface area contributed by atoms with E-state index in [1.807, 2.05) is 30.6 Å². The zero-order valence-electron chi connectivity index (χ0n) is 9.10. The van der Waals surface area contributed by atoms with Crippen LogP contribution in [0.15, 0.2) is 47.2 Å². The van der Waals surface area contributed by atoms with Crippen LogP contribution in [0, 0.1) is 0 Å². The Balaban J connectivity index is 2.11. The summed E-state index contributed by atoms with van der Waals surface area (Å²) in [7, 11) is 0. The first-order valence-electron chi connectivity index (χ1n) is 5.27. The maximum Gasteiger partial charge on any atom is 0.0435 e. The summed E-state index contributed by atoms with van der Waals surface area (Å²) in [6, 6.07) is 10.0. The zero-order chi connectivity index (χ0) is 11.4. The molecule has 0 aliphatic carbocycles. The second-order valence-electron chi connectivity index (χ2n) is 3.83. The van der Waals surface area contributed by atoms with E-state index in [9.17, 15) is 0 Å². The van der Waals surface area contributed by atoms with Crippen LogP contribution < -0.4 is 0 Å². The lowest BCUT2D eigenvalue weighted by molar-refractivity contribution is 0.715. The van der Waals surface area contributed by atoms with E-state index in [0.29, 0.717) is 5.92 Å². The van der Waals surface area contributed by atoms with Crippen LogP contribution in [-0.2, 0) is 6.42 Å². The van der Waals surface area contributed by atoms with Crippen LogP contribution in [0.3, 0.4) is 0 Å². The molecule has 0 aliphatic heterocycles. The molecule has 2 rings (SSSR count). The van der Waals surface area contributed by atoms with Crippen molar-refractivity contribution in [2.75, 3.05) is 0 Å². The van der Waals surface area contributed by atoms with Gasteiger partial charge in [0.1, 0.15) is 0 Å². The van der Waals surface area contributed by atoms with Crippen LogP contribution in [-0.4, -0.2) is 9.97 Å². The molecule has 2 aromatic heterocycles. The van der Waals surface area contributed by atoms with Gasteiger partial charge in [0.2, 0.25) is 0 Å². The van der Waals surface area contributed by atoms with Crippen LogP contribution in [0.5, 0.6) is 0 Å². The van der Waals surface area contributed by atoms with Gasteiger partial charge in [0.05, 0.1) is 0 Å². The minimum absolute atomic E-state index is 0.392. The zero-order valence-corrected chi connectivity index (χ0v) is 10.7. The lowest BCUT2D eigenvalue weighted by Crippen LogP contribution is -2.02. The van der Waals surface area contributed by atoms with Gasteiger partial charge < -0.3 is 0 Å². The molecule has 3 heteroatoms. The second-order valence-corrected chi connectivity index (χ2v) is 4.74. The van der Waals surface area contributed by atoms with Crippen molar-refractivity contribution in [3.05, 3.63) is 58.6 Å². The molecule has 1 atom stereocenters. The van der Waals surface area contributed by atoms with E-state index < -0.39 is 0 Å². The molecule has 2 nitrogen and oxygen atoms in total.